The number of carbonyl (C=O) groups is 1. The molecule has 2 aromatic carbocycles. The van der Waals surface area contributed by atoms with Gasteiger partial charge >= 0.3 is 0 Å². The van der Waals surface area contributed by atoms with Gasteiger partial charge in [-0.1, -0.05) is 23.7 Å². The van der Waals surface area contributed by atoms with Crippen LogP contribution in [0.5, 0.6) is 5.75 Å². The molecule has 1 aliphatic heterocycles. The minimum atomic E-state index is -0.123. The molecule has 0 atom stereocenters. The quantitative estimate of drug-likeness (QED) is 0.224. The molecule has 29 heavy (non-hydrogen) atoms. The largest absolute Gasteiger partial charge is 0.493 e. The fraction of sp³-hybridized carbons (Fsp3) is 0.333. The minimum Gasteiger partial charge on any atom is -0.493 e. The number of carbonyl (C=O) groups excluding carboxylic acids is 1. The summed E-state index contributed by atoms with van der Waals surface area (Å²) < 4.78 is 5.54. The van der Waals surface area contributed by atoms with E-state index in [9.17, 15) is 4.79 Å². The smallest absolute Gasteiger partial charge is 0.251 e. The minimum absolute atomic E-state index is 0. The molecule has 8 heteroatoms. The Balaban J connectivity index is 0.00000300. The first-order chi connectivity index (χ1) is 13.7. The number of ether oxygens (including phenoxy) is 1. The van der Waals surface area contributed by atoms with Crippen molar-refractivity contribution < 1.29 is 9.53 Å². The van der Waals surface area contributed by atoms with Crippen LogP contribution in [0, 0.1) is 0 Å². The van der Waals surface area contributed by atoms with Crippen molar-refractivity contribution in [1.82, 2.24) is 16.0 Å². The number of nitrogens with one attached hydrogen (secondary N) is 3. The zero-order valence-electron chi connectivity index (χ0n) is 16.3. The van der Waals surface area contributed by atoms with Crippen LogP contribution in [0.25, 0.3) is 0 Å². The summed E-state index contributed by atoms with van der Waals surface area (Å²) in [6, 6.07) is 13.2. The van der Waals surface area contributed by atoms with Crippen LogP contribution < -0.4 is 20.7 Å². The summed E-state index contributed by atoms with van der Waals surface area (Å²) in [6.45, 7) is 2.63. The number of nitrogens with zero attached hydrogens (tertiary/aromatic N) is 1. The van der Waals surface area contributed by atoms with Gasteiger partial charge in [0.05, 0.1) is 6.61 Å². The SMILES string of the molecule is CN=C(NCCNC(=O)c1ccc(Cl)cc1)NCCc1ccc2c(c1)CCO2.I. The van der Waals surface area contributed by atoms with E-state index in [2.05, 4.69) is 33.1 Å². The lowest BCUT2D eigenvalue weighted by molar-refractivity contribution is 0.0954. The van der Waals surface area contributed by atoms with Crippen LogP contribution in [0.4, 0.5) is 0 Å². The van der Waals surface area contributed by atoms with Gasteiger partial charge in [0.2, 0.25) is 0 Å². The third-order valence-corrected chi connectivity index (χ3v) is 4.74. The number of benzene rings is 2. The van der Waals surface area contributed by atoms with Crippen molar-refractivity contribution in [2.24, 2.45) is 4.99 Å². The molecule has 0 bridgehead atoms. The molecule has 0 saturated carbocycles. The van der Waals surface area contributed by atoms with Gasteiger partial charge in [-0.3, -0.25) is 9.79 Å². The molecule has 3 N–H and O–H groups in total. The summed E-state index contributed by atoms with van der Waals surface area (Å²) in [6.07, 6.45) is 1.89. The number of hydrogen-bond acceptors (Lipinski definition) is 3. The predicted octanol–water partition coefficient (Wildman–Crippen LogP) is 3.03. The van der Waals surface area contributed by atoms with Crippen LogP contribution >= 0.6 is 35.6 Å². The van der Waals surface area contributed by atoms with Crippen molar-refractivity contribution in [2.45, 2.75) is 12.8 Å². The number of aliphatic imine (C=N–C) groups is 1. The molecular weight excluding hydrogens is 503 g/mol. The maximum Gasteiger partial charge on any atom is 0.251 e. The fourth-order valence-electron chi connectivity index (χ4n) is 3.00. The summed E-state index contributed by atoms with van der Waals surface area (Å²) >= 11 is 5.83. The highest BCUT2D eigenvalue weighted by molar-refractivity contribution is 14.0. The highest BCUT2D eigenvalue weighted by atomic mass is 127. The van der Waals surface area contributed by atoms with E-state index in [0.717, 1.165) is 31.7 Å². The molecule has 0 saturated heterocycles. The number of rotatable bonds is 7. The second-order valence-electron chi connectivity index (χ2n) is 6.48. The van der Waals surface area contributed by atoms with Gasteiger partial charge in [0, 0.05) is 43.7 Å². The van der Waals surface area contributed by atoms with Gasteiger partial charge in [0.25, 0.3) is 5.91 Å². The zero-order chi connectivity index (χ0) is 19.8. The molecule has 0 aromatic heterocycles. The summed E-state index contributed by atoms with van der Waals surface area (Å²) in [5.41, 5.74) is 3.16. The van der Waals surface area contributed by atoms with E-state index in [1.807, 2.05) is 6.07 Å². The van der Waals surface area contributed by atoms with Crippen LogP contribution in [0.15, 0.2) is 47.5 Å². The maximum atomic E-state index is 12.0. The number of amides is 1. The summed E-state index contributed by atoms with van der Waals surface area (Å²) in [5.74, 6) is 1.60. The van der Waals surface area contributed by atoms with Crippen molar-refractivity contribution in [2.75, 3.05) is 33.3 Å². The standard InChI is InChI=1S/C21H25ClN4O2.HI/c1-23-21(25-10-8-15-2-7-19-17(14-15)9-13-28-19)26-12-11-24-20(27)16-3-5-18(22)6-4-16;/h2-7,14H,8-13H2,1H3,(H,24,27)(H2,23,25,26);1H. The van der Waals surface area contributed by atoms with Gasteiger partial charge in [-0.25, -0.2) is 0 Å². The van der Waals surface area contributed by atoms with E-state index in [0.29, 0.717) is 29.6 Å². The second kappa shape index (κ2) is 11.9. The third-order valence-electron chi connectivity index (χ3n) is 4.49. The van der Waals surface area contributed by atoms with Gasteiger partial charge in [-0.15, -0.1) is 24.0 Å². The van der Waals surface area contributed by atoms with Crippen LogP contribution in [-0.4, -0.2) is 45.2 Å². The summed E-state index contributed by atoms with van der Waals surface area (Å²) in [5, 5.41) is 9.97. The van der Waals surface area contributed by atoms with Gasteiger partial charge < -0.3 is 20.7 Å². The molecule has 3 rings (SSSR count). The lowest BCUT2D eigenvalue weighted by Gasteiger charge is -2.12. The molecular formula is C21H26ClIN4O2. The Labute approximate surface area is 193 Å². The average Bonchev–Trinajstić information content (AvgIpc) is 3.18. The molecule has 6 nitrogen and oxygen atoms in total. The topological polar surface area (TPSA) is 74.8 Å². The first kappa shape index (κ1) is 23.3. The Morgan fingerprint density at radius 2 is 1.79 bits per heavy atom. The highest BCUT2D eigenvalue weighted by Gasteiger charge is 2.11. The Bertz CT molecular complexity index is 843. The normalized spacial score (nSPS) is 12.4. The Hall–Kier alpha value is -2.00. The molecule has 0 unspecified atom stereocenters. The van der Waals surface area contributed by atoms with Gasteiger partial charge in [0.1, 0.15) is 5.75 Å². The summed E-state index contributed by atoms with van der Waals surface area (Å²) in [4.78, 5) is 16.3. The number of hydrogen-bond donors (Lipinski definition) is 3. The fourth-order valence-corrected chi connectivity index (χ4v) is 3.13. The van der Waals surface area contributed by atoms with E-state index in [-0.39, 0.29) is 29.9 Å². The van der Waals surface area contributed by atoms with E-state index in [1.54, 1.807) is 31.3 Å². The Kier molecular flexibility index (Phi) is 9.53. The molecule has 1 heterocycles. The van der Waals surface area contributed by atoms with E-state index < -0.39 is 0 Å². The number of fused-ring (bicyclic) bond motifs is 1. The van der Waals surface area contributed by atoms with Crippen LogP contribution in [-0.2, 0) is 12.8 Å². The van der Waals surface area contributed by atoms with E-state index >= 15 is 0 Å². The van der Waals surface area contributed by atoms with Crippen LogP contribution in [0.3, 0.4) is 0 Å². The summed E-state index contributed by atoms with van der Waals surface area (Å²) in [7, 11) is 1.73. The van der Waals surface area contributed by atoms with Crippen LogP contribution in [0.2, 0.25) is 5.02 Å². The molecule has 0 spiro atoms. The predicted molar refractivity (Wildman–Crippen MR) is 128 cm³/mol. The molecule has 1 aliphatic rings. The molecule has 156 valence electrons. The van der Waals surface area contributed by atoms with Crippen molar-refractivity contribution in [3.05, 3.63) is 64.2 Å². The first-order valence-corrected chi connectivity index (χ1v) is 9.76. The van der Waals surface area contributed by atoms with Crippen molar-refractivity contribution in [3.63, 3.8) is 0 Å². The molecule has 0 aliphatic carbocycles. The molecule has 1 amide bonds. The zero-order valence-corrected chi connectivity index (χ0v) is 19.4. The number of halogens is 2. The number of guanidine groups is 1. The van der Waals surface area contributed by atoms with Gasteiger partial charge in [0.15, 0.2) is 5.96 Å². The van der Waals surface area contributed by atoms with Gasteiger partial charge in [-0.2, -0.15) is 0 Å². The third kappa shape index (κ3) is 7.08. The molecule has 2 aromatic rings. The average molecular weight is 529 g/mol. The van der Waals surface area contributed by atoms with Crippen LogP contribution in [0.1, 0.15) is 21.5 Å². The lowest BCUT2D eigenvalue weighted by atomic mass is 10.1. The van der Waals surface area contributed by atoms with Crippen molar-refractivity contribution in [1.29, 1.82) is 0 Å². The first-order valence-electron chi connectivity index (χ1n) is 9.38. The Morgan fingerprint density at radius 1 is 1.07 bits per heavy atom. The van der Waals surface area contributed by atoms with Gasteiger partial charge in [-0.05, 0) is 47.9 Å². The maximum absolute atomic E-state index is 12.0. The molecule has 0 radical (unpaired) electrons. The monoisotopic (exact) mass is 528 g/mol. The molecule has 0 fully saturated rings. The highest BCUT2D eigenvalue weighted by Crippen LogP contribution is 2.25. The van der Waals surface area contributed by atoms with Crippen molar-refractivity contribution >= 4 is 47.4 Å². The van der Waals surface area contributed by atoms with E-state index in [4.69, 9.17) is 16.3 Å². The van der Waals surface area contributed by atoms with E-state index in [1.165, 1.54) is 11.1 Å². The Morgan fingerprint density at radius 3 is 2.55 bits per heavy atom. The second-order valence-corrected chi connectivity index (χ2v) is 6.92. The lowest BCUT2D eigenvalue weighted by Crippen LogP contribution is -2.42. The van der Waals surface area contributed by atoms with Crippen molar-refractivity contribution in [3.8, 4) is 5.75 Å².